The molecule has 0 saturated heterocycles. The van der Waals surface area contributed by atoms with Crippen molar-refractivity contribution in [3.63, 3.8) is 0 Å². The minimum atomic E-state index is -0.306. The number of fused-ring (bicyclic) bond motifs is 1. The van der Waals surface area contributed by atoms with Gasteiger partial charge in [0.05, 0.1) is 14.2 Å². The van der Waals surface area contributed by atoms with Crippen LogP contribution in [-0.4, -0.2) is 25.1 Å². The van der Waals surface area contributed by atoms with Crippen molar-refractivity contribution in [1.82, 2.24) is 4.98 Å². The second-order valence-electron chi connectivity index (χ2n) is 8.26. The number of hydrogen-bond donors (Lipinski definition) is 1. The molecule has 37 heavy (non-hydrogen) atoms. The van der Waals surface area contributed by atoms with E-state index >= 15 is 0 Å². The number of furan rings is 1. The molecule has 0 aliphatic heterocycles. The predicted octanol–water partition coefficient (Wildman–Crippen LogP) is 7.39. The number of halogens is 1. The van der Waals surface area contributed by atoms with Crippen molar-refractivity contribution >= 4 is 40.4 Å². The molecule has 3 aromatic carbocycles. The fraction of sp³-hybridized carbons (Fsp3) is 0.103. The zero-order chi connectivity index (χ0) is 25.9. The zero-order valence-corrected chi connectivity index (χ0v) is 21.1. The Kier molecular flexibility index (Phi) is 6.70. The number of benzene rings is 3. The first-order valence-corrected chi connectivity index (χ1v) is 11.8. The summed E-state index contributed by atoms with van der Waals surface area (Å²) in [5.74, 6) is 2.54. The molecule has 0 bridgehead atoms. The average Bonchev–Trinajstić information content (AvgIpc) is 3.56. The van der Waals surface area contributed by atoms with E-state index in [1.54, 1.807) is 56.7 Å². The molecule has 0 fully saturated rings. The topological polar surface area (TPSA) is 86.7 Å². The van der Waals surface area contributed by atoms with Gasteiger partial charge in [0.25, 0.3) is 0 Å². The summed E-state index contributed by atoms with van der Waals surface area (Å²) >= 11 is 6.21. The van der Waals surface area contributed by atoms with Gasteiger partial charge in [0, 0.05) is 27.9 Å². The van der Waals surface area contributed by atoms with Crippen molar-refractivity contribution in [2.75, 3.05) is 19.5 Å². The number of rotatable bonds is 7. The highest BCUT2D eigenvalue weighted by Gasteiger charge is 2.13. The summed E-state index contributed by atoms with van der Waals surface area (Å²) in [7, 11) is 3.15. The third-order valence-corrected chi connectivity index (χ3v) is 6.17. The van der Waals surface area contributed by atoms with Crippen LogP contribution < -0.4 is 14.8 Å². The van der Waals surface area contributed by atoms with Gasteiger partial charge in [-0.1, -0.05) is 23.7 Å². The van der Waals surface area contributed by atoms with Gasteiger partial charge in [0.2, 0.25) is 11.8 Å². The number of methoxy groups -OCH3 is 2. The van der Waals surface area contributed by atoms with E-state index in [2.05, 4.69) is 10.3 Å². The number of anilines is 1. The standard InChI is InChI=1S/C29H23ClN2O5/c1-17-4-5-18(14-22(17)30)24-12-8-21(36-24)9-13-28(33)31-20-7-11-25-23(16-20)32-29(37-25)19-6-10-26(34-2)27(15-19)35-3/h4-16H,1-3H3,(H,31,33)/b13-9+. The second-order valence-corrected chi connectivity index (χ2v) is 8.67. The lowest BCUT2D eigenvalue weighted by atomic mass is 10.1. The number of oxazole rings is 1. The Morgan fingerprint density at radius 1 is 0.919 bits per heavy atom. The average molecular weight is 515 g/mol. The zero-order valence-electron chi connectivity index (χ0n) is 20.4. The van der Waals surface area contributed by atoms with Gasteiger partial charge < -0.3 is 23.6 Å². The molecule has 7 nitrogen and oxygen atoms in total. The van der Waals surface area contributed by atoms with Crippen molar-refractivity contribution in [3.05, 3.63) is 89.2 Å². The molecule has 5 aromatic rings. The van der Waals surface area contributed by atoms with Crippen LogP contribution in [0.4, 0.5) is 5.69 Å². The van der Waals surface area contributed by atoms with Crippen molar-refractivity contribution < 1.29 is 23.1 Å². The number of nitrogens with one attached hydrogen (secondary N) is 1. The first kappa shape index (κ1) is 24.2. The van der Waals surface area contributed by atoms with Crippen LogP contribution in [0.5, 0.6) is 11.5 Å². The lowest BCUT2D eigenvalue weighted by molar-refractivity contribution is -0.111. The highest BCUT2D eigenvalue weighted by Crippen LogP contribution is 2.33. The number of carbonyl (C=O) groups is 1. The summed E-state index contributed by atoms with van der Waals surface area (Å²) in [6, 6.07) is 20.1. The van der Waals surface area contributed by atoms with Crippen molar-refractivity contribution in [2.45, 2.75) is 6.92 Å². The van der Waals surface area contributed by atoms with E-state index in [0.29, 0.717) is 50.7 Å². The molecule has 8 heteroatoms. The maximum absolute atomic E-state index is 12.5. The molecule has 0 atom stereocenters. The van der Waals surface area contributed by atoms with E-state index in [-0.39, 0.29) is 5.91 Å². The van der Waals surface area contributed by atoms with Gasteiger partial charge in [-0.2, -0.15) is 0 Å². The maximum Gasteiger partial charge on any atom is 0.248 e. The van der Waals surface area contributed by atoms with Gasteiger partial charge in [-0.15, -0.1) is 0 Å². The number of hydrogen-bond acceptors (Lipinski definition) is 6. The molecule has 0 aliphatic carbocycles. The Morgan fingerprint density at radius 2 is 1.73 bits per heavy atom. The first-order chi connectivity index (χ1) is 17.9. The number of carbonyl (C=O) groups excluding carboxylic acids is 1. The Balaban J connectivity index is 1.28. The molecule has 0 radical (unpaired) electrons. The van der Waals surface area contributed by atoms with E-state index in [1.807, 2.05) is 37.3 Å². The highest BCUT2D eigenvalue weighted by atomic mass is 35.5. The summed E-state index contributed by atoms with van der Waals surface area (Å²) in [5.41, 5.74) is 4.40. The molecule has 0 unspecified atom stereocenters. The smallest absolute Gasteiger partial charge is 0.248 e. The maximum atomic E-state index is 12.5. The Morgan fingerprint density at radius 3 is 2.51 bits per heavy atom. The quantitative estimate of drug-likeness (QED) is 0.228. The second kappa shape index (κ2) is 10.2. The molecule has 0 saturated carbocycles. The normalized spacial score (nSPS) is 11.2. The van der Waals surface area contributed by atoms with Crippen LogP contribution in [0.15, 0.2) is 81.6 Å². The van der Waals surface area contributed by atoms with Crippen molar-refractivity contribution in [2.24, 2.45) is 0 Å². The van der Waals surface area contributed by atoms with Crippen LogP contribution in [-0.2, 0) is 4.79 Å². The van der Waals surface area contributed by atoms with Crippen LogP contribution in [0.3, 0.4) is 0 Å². The minimum Gasteiger partial charge on any atom is -0.493 e. The fourth-order valence-corrected chi connectivity index (χ4v) is 3.96. The SMILES string of the molecule is COc1ccc(-c2nc3cc(NC(=O)/C=C/c4ccc(-c5ccc(C)c(Cl)c5)o4)ccc3o2)cc1OC. The summed E-state index contributed by atoms with van der Waals surface area (Å²) < 4.78 is 22.4. The molecule has 0 spiro atoms. The van der Waals surface area contributed by atoms with Crippen LogP contribution in [0.2, 0.25) is 5.02 Å². The molecular weight excluding hydrogens is 492 g/mol. The molecule has 0 aliphatic rings. The highest BCUT2D eigenvalue weighted by molar-refractivity contribution is 6.31. The van der Waals surface area contributed by atoms with E-state index in [0.717, 1.165) is 16.7 Å². The third-order valence-electron chi connectivity index (χ3n) is 5.77. The molecule has 5 rings (SSSR count). The van der Waals surface area contributed by atoms with Gasteiger partial charge in [0.15, 0.2) is 17.1 Å². The van der Waals surface area contributed by atoms with Crippen molar-refractivity contribution in [1.29, 1.82) is 0 Å². The lowest BCUT2D eigenvalue weighted by Gasteiger charge is -2.07. The number of ether oxygens (including phenoxy) is 2. The lowest BCUT2D eigenvalue weighted by Crippen LogP contribution is -2.07. The van der Waals surface area contributed by atoms with E-state index < -0.39 is 0 Å². The summed E-state index contributed by atoms with van der Waals surface area (Å²) in [6.45, 7) is 1.94. The van der Waals surface area contributed by atoms with Gasteiger partial charge >= 0.3 is 0 Å². The number of aromatic nitrogens is 1. The van der Waals surface area contributed by atoms with Crippen LogP contribution in [0, 0.1) is 6.92 Å². The summed E-state index contributed by atoms with van der Waals surface area (Å²) in [5, 5.41) is 3.51. The molecule has 1 N–H and O–H groups in total. The van der Waals surface area contributed by atoms with E-state index in [4.69, 9.17) is 29.9 Å². The van der Waals surface area contributed by atoms with Crippen LogP contribution >= 0.6 is 11.6 Å². The van der Waals surface area contributed by atoms with Gasteiger partial charge in [0.1, 0.15) is 17.0 Å². The Bertz CT molecular complexity index is 1630. The molecule has 1 amide bonds. The number of nitrogens with zero attached hydrogens (tertiary/aromatic N) is 1. The Hall–Kier alpha value is -4.49. The monoisotopic (exact) mass is 514 g/mol. The van der Waals surface area contributed by atoms with Crippen LogP contribution in [0.25, 0.3) is 40.0 Å². The van der Waals surface area contributed by atoms with Crippen LogP contribution in [0.1, 0.15) is 11.3 Å². The molecule has 186 valence electrons. The van der Waals surface area contributed by atoms with Crippen molar-refractivity contribution in [3.8, 4) is 34.3 Å². The van der Waals surface area contributed by atoms with E-state index in [9.17, 15) is 4.79 Å². The van der Waals surface area contributed by atoms with Gasteiger partial charge in [-0.05, 0) is 73.2 Å². The molecular formula is C29H23ClN2O5. The fourth-order valence-electron chi connectivity index (χ4n) is 3.78. The molecule has 2 aromatic heterocycles. The van der Waals surface area contributed by atoms with E-state index in [1.165, 1.54) is 6.08 Å². The van der Waals surface area contributed by atoms with Gasteiger partial charge in [-0.3, -0.25) is 4.79 Å². The summed E-state index contributed by atoms with van der Waals surface area (Å²) in [6.07, 6.45) is 3.02. The molecule has 2 heterocycles. The number of amides is 1. The minimum absolute atomic E-state index is 0.306. The Labute approximate surface area is 218 Å². The predicted molar refractivity (Wildman–Crippen MR) is 144 cm³/mol. The first-order valence-electron chi connectivity index (χ1n) is 11.4. The largest absolute Gasteiger partial charge is 0.493 e. The summed E-state index contributed by atoms with van der Waals surface area (Å²) in [4.78, 5) is 17.1. The number of aryl methyl sites for hydroxylation is 1. The third kappa shape index (κ3) is 5.22. The van der Waals surface area contributed by atoms with Gasteiger partial charge in [-0.25, -0.2) is 4.98 Å².